The lowest BCUT2D eigenvalue weighted by atomic mass is 9.49. The number of rotatable bonds is 4. The molecule has 5 aliphatic rings. The summed E-state index contributed by atoms with van der Waals surface area (Å²) in [6.07, 6.45) is 7.95. The lowest BCUT2D eigenvalue weighted by Gasteiger charge is -2.56. The van der Waals surface area contributed by atoms with Crippen LogP contribution in [0.1, 0.15) is 50.5 Å². The van der Waals surface area contributed by atoms with E-state index in [1.54, 1.807) is 12.1 Å². The van der Waals surface area contributed by atoms with Crippen LogP contribution in [0.3, 0.4) is 0 Å². The molecule has 1 aliphatic heterocycles. The molecule has 138 valence electrons. The Hall–Kier alpha value is -1.91. The number of carbonyl (C=O) groups is 1. The number of halogens is 1. The first-order chi connectivity index (χ1) is 12.6. The van der Waals surface area contributed by atoms with Crippen LogP contribution < -0.4 is 5.32 Å². The van der Waals surface area contributed by atoms with Crippen LogP contribution in [0, 0.1) is 29.0 Å². The topological polar surface area (TPSA) is 50.7 Å². The van der Waals surface area contributed by atoms with Crippen molar-refractivity contribution in [2.75, 3.05) is 6.54 Å². The van der Waals surface area contributed by atoms with Gasteiger partial charge in [-0.05, 0) is 79.4 Å². The van der Waals surface area contributed by atoms with Crippen molar-refractivity contribution >= 4 is 11.6 Å². The zero-order chi connectivity index (χ0) is 17.7. The lowest BCUT2D eigenvalue weighted by molar-refractivity contribution is -0.133. The molecular weight excluding hydrogens is 331 g/mol. The maximum Gasteiger partial charge on any atom is 0.264 e. The van der Waals surface area contributed by atoms with E-state index in [1.165, 1.54) is 50.7 Å². The summed E-state index contributed by atoms with van der Waals surface area (Å²) in [6, 6.07) is 6.15. The summed E-state index contributed by atoms with van der Waals surface area (Å²) in [5.41, 5.74) is 1.84. The highest BCUT2D eigenvalue weighted by molar-refractivity contribution is 6.04. The average molecular weight is 356 g/mol. The third-order valence-corrected chi connectivity index (χ3v) is 6.94. The average Bonchev–Trinajstić information content (AvgIpc) is 3.09. The van der Waals surface area contributed by atoms with Crippen molar-refractivity contribution < 1.29 is 14.0 Å². The summed E-state index contributed by atoms with van der Waals surface area (Å²) in [6.45, 7) is 0.779. The standard InChI is InChI=1S/C21H25FN2O2/c22-17-3-1-16(2-4-17)18-8-19(26-24-18)20(25)23-12-21-9-13-5-14(10-21)7-15(6-13)11-21/h1-4,13-15,19H,5-12H2,(H,23,25). The van der Waals surface area contributed by atoms with E-state index in [2.05, 4.69) is 10.5 Å². The highest BCUT2D eigenvalue weighted by Gasteiger charge is 2.51. The van der Waals surface area contributed by atoms with Crippen LogP contribution in [0.2, 0.25) is 0 Å². The summed E-state index contributed by atoms with van der Waals surface area (Å²) >= 11 is 0. The smallest absolute Gasteiger partial charge is 0.264 e. The van der Waals surface area contributed by atoms with Crippen molar-refractivity contribution in [2.45, 2.75) is 51.0 Å². The molecule has 1 unspecified atom stereocenters. The van der Waals surface area contributed by atoms with Gasteiger partial charge >= 0.3 is 0 Å². The van der Waals surface area contributed by atoms with Crippen LogP contribution in [0.15, 0.2) is 29.4 Å². The second-order valence-corrected chi connectivity index (χ2v) is 8.98. The Labute approximate surface area is 153 Å². The van der Waals surface area contributed by atoms with E-state index in [0.29, 0.717) is 17.5 Å². The van der Waals surface area contributed by atoms with Crippen LogP contribution >= 0.6 is 0 Å². The number of hydrogen-bond donors (Lipinski definition) is 1. The van der Waals surface area contributed by atoms with E-state index < -0.39 is 6.10 Å². The molecule has 4 bridgehead atoms. The molecule has 0 saturated heterocycles. The minimum atomic E-state index is -0.566. The molecule has 1 heterocycles. The minimum Gasteiger partial charge on any atom is -0.382 e. The fraction of sp³-hybridized carbons (Fsp3) is 0.619. The first kappa shape index (κ1) is 16.3. The maximum absolute atomic E-state index is 13.1. The van der Waals surface area contributed by atoms with Crippen molar-refractivity contribution in [3.63, 3.8) is 0 Å². The van der Waals surface area contributed by atoms with Gasteiger partial charge in [-0.25, -0.2) is 4.39 Å². The maximum atomic E-state index is 13.1. The van der Waals surface area contributed by atoms with Crippen molar-refractivity contribution in [2.24, 2.45) is 28.3 Å². The van der Waals surface area contributed by atoms with E-state index in [9.17, 15) is 9.18 Å². The van der Waals surface area contributed by atoms with Crippen molar-refractivity contribution in [1.29, 1.82) is 0 Å². The van der Waals surface area contributed by atoms with Crippen molar-refractivity contribution in [1.82, 2.24) is 5.32 Å². The fourth-order valence-corrected chi connectivity index (χ4v) is 6.23. The molecule has 1 atom stereocenters. The van der Waals surface area contributed by atoms with Gasteiger partial charge in [-0.15, -0.1) is 0 Å². The third-order valence-electron chi connectivity index (χ3n) is 6.94. The van der Waals surface area contributed by atoms with Crippen LogP contribution in [-0.2, 0) is 9.63 Å². The number of nitrogens with one attached hydrogen (secondary N) is 1. The molecule has 1 amide bonds. The molecule has 4 aliphatic carbocycles. The van der Waals surface area contributed by atoms with Crippen molar-refractivity contribution in [3.05, 3.63) is 35.6 Å². The van der Waals surface area contributed by atoms with Gasteiger partial charge in [-0.3, -0.25) is 4.79 Å². The van der Waals surface area contributed by atoms with Gasteiger partial charge in [-0.2, -0.15) is 0 Å². The number of nitrogens with zero attached hydrogens (tertiary/aromatic N) is 1. The molecule has 1 aromatic rings. The van der Waals surface area contributed by atoms with E-state index in [-0.39, 0.29) is 11.7 Å². The van der Waals surface area contributed by atoms with E-state index in [0.717, 1.165) is 29.9 Å². The van der Waals surface area contributed by atoms with E-state index in [1.807, 2.05) is 0 Å². The van der Waals surface area contributed by atoms with E-state index >= 15 is 0 Å². The number of oxime groups is 1. The molecule has 1 aromatic carbocycles. The number of carbonyl (C=O) groups excluding carboxylic acids is 1. The Kier molecular flexibility index (Phi) is 3.80. The number of hydrogen-bond acceptors (Lipinski definition) is 3. The van der Waals surface area contributed by atoms with Gasteiger partial charge in [0.1, 0.15) is 5.82 Å². The molecule has 1 N–H and O–H groups in total. The molecular formula is C21H25FN2O2. The van der Waals surface area contributed by atoms with Crippen molar-refractivity contribution in [3.8, 4) is 0 Å². The molecule has 0 radical (unpaired) electrons. The molecule has 26 heavy (non-hydrogen) atoms. The van der Waals surface area contributed by atoms with Crippen LogP contribution in [0.4, 0.5) is 4.39 Å². The first-order valence-electron chi connectivity index (χ1n) is 9.85. The molecule has 6 rings (SSSR count). The van der Waals surface area contributed by atoms with Crippen LogP contribution in [-0.4, -0.2) is 24.3 Å². The summed E-state index contributed by atoms with van der Waals surface area (Å²) in [5, 5.41) is 7.21. The second-order valence-electron chi connectivity index (χ2n) is 8.98. The second kappa shape index (κ2) is 6.07. The molecule has 4 saturated carbocycles. The molecule has 4 fully saturated rings. The third kappa shape index (κ3) is 2.91. The van der Waals surface area contributed by atoms with Gasteiger partial charge in [0.2, 0.25) is 6.10 Å². The Bertz CT molecular complexity index is 708. The molecule has 0 spiro atoms. The van der Waals surface area contributed by atoms with Gasteiger partial charge in [-0.1, -0.05) is 17.3 Å². The predicted molar refractivity (Wildman–Crippen MR) is 96.0 cm³/mol. The lowest BCUT2D eigenvalue weighted by Crippen LogP contribution is -2.52. The quantitative estimate of drug-likeness (QED) is 0.895. The Morgan fingerprint density at radius 3 is 2.35 bits per heavy atom. The summed E-state index contributed by atoms with van der Waals surface area (Å²) in [5.74, 6) is 2.30. The Morgan fingerprint density at radius 1 is 1.12 bits per heavy atom. The monoisotopic (exact) mass is 356 g/mol. The van der Waals surface area contributed by atoms with E-state index in [4.69, 9.17) is 4.84 Å². The Balaban J connectivity index is 1.18. The summed E-state index contributed by atoms with van der Waals surface area (Å²) in [7, 11) is 0. The molecule has 0 aromatic heterocycles. The number of amides is 1. The highest BCUT2D eigenvalue weighted by atomic mass is 19.1. The van der Waals surface area contributed by atoms with Crippen LogP contribution in [0.25, 0.3) is 0 Å². The zero-order valence-corrected chi connectivity index (χ0v) is 14.9. The summed E-state index contributed by atoms with van der Waals surface area (Å²) < 4.78 is 13.1. The van der Waals surface area contributed by atoms with Crippen LogP contribution in [0.5, 0.6) is 0 Å². The minimum absolute atomic E-state index is 0.0680. The summed E-state index contributed by atoms with van der Waals surface area (Å²) in [4.78, 5) is 18.0. The SMILES string of the molecule is O=C(NCC12CC3CC(CC(C3)C1)C2)C1CC(c2ccc(F)cc2)=NO1. The zero-order valence-electron chi connectivity index (χ0n) is 14.9. The van der Waals surface area contributed by atoms with Gasteiger partial charge in [0.05, 0.1) is 5.71 Å². The van der Waals surface area contributed by atoms with Gasteiger partial charge < -0.3 is 10.2 Å². The number of benzene rings is 1. The normalized spacial score (nSPS) is 37.3. The Morgan fingerprint density at radius 2 is 1.73 bits per heavy atom. The highest BCUT2D eigenvalue weighted by Crippen LogP contribution is 2.59. The molecule has 4 nitrogen and oxygen atoms in total. The van der Waals surface area contributed by atoms with Gasteiger partial charge in [0.15, 0.2) is 0 Å². The largest absolute Gasteiger partial charge is 0.382 e. The fourth-order valence-electron chi connectivity index (χ4n) is 6.23. The predicted octanol–water partition coefficient (Wildman–Crippen LogP) is 3.65. The van der Waals surface area contributed by atoms with Gasteiger partial charge in [0, 0.05) is 13.0 Å². The first-order valence-corrected chi connectivity index (χ1v) is 9.85. The van der Waals surface area contributed by atoms with Gasteiger partial charge in [0.25, 0.3) is 5.91 Å². The molecule has 5 heteroatoms.